The third kappa shape index (κ3) is 3.24. The van der Waals surface area contributed by atoms with Crippen molar-refractivity contribution < 1.29 is 9.84 Å². The zero-order chi connectivity index (χ0) is 13.8. The minimum absolute atomic E-state index is 0.173. The first-order valence-corrected chi connectivity index (χ1v) is 6.81. The van der Waals surface area contributed by atoms with Crippen molar-refractivity contribution in [2.75, 3.05) is 6.54 Å². The summed E-state index contributed by atoms with van der Waals surface area (Å²) in [7, 11) is 0. The van der Waals surface area contributed by atoms with Gasteiger partial charge in [0, 0.05) is 18.5 Å². The molecule has 2 N–H and O–H groups in total. The predicted octanol–water partition coefficient (Wildman–Crippen LogP) is 2.27. The number of aromatic nitrogens is 2. The summed E-state index contributed by atoms with van der Waals surface area (Å²) in [5.74, 6) is 2.14. The highest BCUT2D eigenvalue weighted by atomic mass is 16.5. The largest absolute Gasteiger partial charge is 0.508 e. The first kappa shape index (κ1) is 12.9. The molecule has 3 rings (SSSR count). The molecule has 1 aromatic carbocycles. The van der Waals surface area contributed by atoms with E-state index in [0.29, 0.717) is 17.5 Å². The summed E-state index contributed by atoms with van der Waals surface area (Å²) in [6.07, 6.45) is 6.60. The lowest BCUT2D eigenvalue weighted by Gasteiger charge is -2.09. The second-order valence-corrected chi connectivity index (χ2v) is 4.93. The van der Waals surface area contributed by atoms with E-state index in [0.717, 1.165) is 18.8 Å². The van der Waals surface area contributed by atoms with Gasteiger partial charge in [0.05, 0.1) is 12.4 Å². The maximum Gasteiger partial charge on any atom is 0.164 e. The van der Waals surface area contributed by atoms with Crippen LogP contribution in [0.5, 0.6) is 17.2 Å². The van der Waals surface area contributed by atoms with E-state index in [4.69, 9.17) is 4.74 Å². The molecule has 1 aliphatic heterocycles. The minimum atomic E-state index is 0.173. The topological polar surface area (TPSA) is 67.3 Å². The Labute approximate surface area is 117 Å². The van der Waals surface area contributed by atoms with Crippen LogP contribution in [0.3, 0.4) is 0 Å². The molecule has 0 bridgehead atoms. The molecule has 0 aliphatic carbocycles. The molecule has 1 aromatic heterocycles. The predicted molar refractivity (Wildman–Crippen MR) is 74.9 cm³/mol. The highest BCUT2D eigenvalue weighted by molar-refractivity contribution is 5.34. The third-order valence-electron chi connectivity index (χ3n) is 3.33. The molecule has 104 valence electrons. The molecule has 0 saturated carbocycles. The van der Waals surface area contributed by atoms with Crippen molar-refractivity contribution in [3.63, 3.8) is 0 Å². The van der Waals surface area contributed by atoms with Crippen LogP contribution < -0.4 is 10.1 Å². The average Bonchev–Trinajstić information content (AvgIpc) is 2.94. The second kappa shape index (κ2) is 5.88. The van der Waals surface area contributed by atoms with E-state index < -0.39 is 0 Å². The molecular formula is C15H17N3O2. The molecule has 1 aliphatic rings. The molecule has 20 heavy (non-hydrogen) atoms. The van der Waals surface area contributed by atoms with Gasteiger partial charge in [0.25, 0.3) is 0 Å². The number of nitrogens with one attached hydrogen (secondary N) is 1. The molecule has 2 heterocycles. The van der Waals surface area contributed by atoms with Crippen molar-refractivity contribution in [1.82, 2.24) is 15.3 Å². The molecule has 1 fully saturated rings. The Kier molecular flexibility index (Phi) is 3.78. The lowest BCUT2D eigenvalue weighted by molar-refractivity contribution is 0.452. The monoisotopic (exact) mass is 271 g/mol. The van der Waals surface area contributed by atoms with Crippen LogP contribution in [0, 0.1) is 0 Å². The van der Waals surface area contributed by atoms with E-state index in [1.807, 2.05) is 0 Å². The van der Waals surface area contributed by atoms with Gasteiger partial charge in [-0.25, -0.2) is 9.97 Å². The Balaban J connectivity index is 1.63. The smallest absolute Gasteiger partial charge is 0.164 e. The summed E-state index contributed by atoms with van der Waals surface area (Å²) in [5.41, 5.74) is 0. The van der Waals surface area contributed by atoms with Crippen molar-refractivity contribution >= 4 is 0 Å². The van der Waals surface area contributed by atoms with Gasteiger partial charge < -0.3 is 15.2 Å². The summed E-state index contributed by atoms with van der Waals surface area (Å²) < 4.78 is 5.58. The van der Waals surface area contributed by atoms with Gasteiger partial charge in [-0.05, 0) is 31.5 Å². The summed E-state index contributed by atoms with van der Waals surface area (Å²) in [4.78, 5) is 8.64. The van der Waals surface area contributed by atoms with Crippen LogP contribution in [0.25, 0.3) is 0 Å². The Morgan fingerprint density at radius 1 is 1.25 bits per heavy atom. The van der Waals surface area contributed by atoms with Crippen LogP contribution in [0.1, 0.15) is 18.7 Å². The number of nitrogens with zero attached hydrogens (tertiary/aromatic N) is 2. The fourth-order valence-electron chi connectivity index (χ4n) is 2.34. The molecule has 0 spiro atoms. The summed E-state index contributed by atoms with van der Waals surface area (Å²) in [6.45, 7) is 1.09. The minimum Gasteiger partial charge on any atom is -0.508 e. The number of rotatable bonds is 4. The Morgan fingerprint density at radius 2 is 2.10 bits per heavy atom. The highest BCUT2D eigenvalue weighted by Crippen LogP contribution is 2.23. The molecule has 5 nitrogen and oxygen atoms in total. The maximum absolute atomic E-state index is 9.38. The molecule has 0 amide bonds. The lowest BCUT2D eigenvalue weighted by atomic mass is 10.1. The standard InChI is InChI=1S/C15H17N3O2/c19-12-4-1-5-13(8-12)20-14-9-17-15(18-10-14)7-11-3-2-6-16-11/h1,4-5,8-11,16,19H,2-3,6-7H2. The Hall–Kier alpha value is -2.14. The number of hydrogen-bond acceptors (Lipinski definition) is 5. The highest BCUT2D eigenvalue weighted by Gasteiger charge is 2.15. The second-order valence-electron chi connectivity index (χ2n) is 4.93. The number of hydrogen-bond donors (Lipinski definition) is 2. The van der Waals surface area contributed by atoms with E-state index in [1.165, 1.54) is 12.8 Å². The van der Waals surface area contributed by atoms with E-state index in [2.05, 4.69) is 15.3 Å². The van der Waals surface area contributed by atoms with Gasteiger partial charge in [0.1, 0.15) is 17.3 Å². The van der Waals surface area contributed by atoms with Crippen LogP contribution >= 0.6 is 0 Å². The van der Waals surface area contributed by atoms with E-state index in [1.54, 1.807) is 36.7 Å². The number of aromatic hydroxyl groups is 1. The number of benzene rings is 1. The third-order valence-corrected chi connectivity index (χ3v) is 3.33. The van der Waals surface area contributed by atoms with Crippen LogP contribution in [0.15, 0.2) is 36.7 Å². The van der Waals surface area contributed by atoms with Gasteiger partial charge in [-0.2, -0.15) is 0 Å². The number of phenols is 1. The zero-order valence-electron chi connectivity index (χ0n) is 11.1. The molecule has 0 radical (unpaired) electrons. The van der Waals surface area contributed by atoms with Crippen LogP contribution in [-0.4, -0.2) is 27.7 Å². The van der Waals surface area contributed by atoms with Crippen molar-refractivity contribution in [1.29, 1.82) is 0 Å². The van der Waals surface area contributed by atoms with Gasteiger partial charge in [0.2, 0.25) is 0 Å². The number of phenolic OH excluding ortho intramolecular Hbond substituents is 1. The van der Waals surface area contributed by atoms with Gasteiger partial charge in [-0.1, -0.05) is 6.07 Å². The Morgan fingerprint density at radius 3 is 2.80 bits per heavy atom. The molecule has 1 atom stereocenters. The fourth-order valence-corrected chi connectivity index (χ4v) is 2.34. The van der Waals surface area contributed by atoms with Crippen molar-refractivity contribution in [3.05, 3.63) is 42.5 Å². The van der Waals surface area contributed by atoms with Gasteiger partial charge in [0.15, 0.2) is 5.75 Å². The molecule has 1 unspecified atom stereocenters. The quantitative estimate of drug-likeness (QED) is 0.893. The van der Waals surface area contributed by atoms with Crippen molar-refractivity contribution in [2.45, 2.75) is 25.3 Å². The van der Waals surface area contributed by atoms with Crippen molar-refractivity contribution in [2.24, 2.45) is 0 Å². The van der Waals surface area contributed by atoms with Crippen molar-refractivity contribution in [3.8, 4) is 17.2 Å². The van der Waals surface area contributed by atoms with Crippen LogP contribution in [0.4, 0.5) is 0 Å². The van der Waals surface area contributed by atoms with Gasteiger partial charge in [-0.15, -0.1) is 0 Å². The Bertz CT molecular complexity index is 566. The number of ether oxygens (including phenoxy) is 1. The lowest BCUT2D eigenvalue weighted by Crippen LogP contribution is -2.24. The van der Waals surface area contributed by atoms with Gasteiger partial charge in [-0.3, -0.25) is 0 Å². The molecule has 5 heteroatoms. The van der Waals surface area contributed by atoms with Gasteiger partial charge >= 0.3 is 0 Å². The molecule has 1 saturated heterocycles. The summed E-state index contributed by atoms with van der Waals surface area (Å²) >= 11 is 0. The van der Waals surface area contributed by atoms with E-state index in [9.17, 15) is 5.11 Å². The first-order valence-electron chi connectivity index (χ1n) is 6.81. The summed E-state index contributed by atoms with van der Waals surface area (Å²) in [6, 6.07) is 7.15. The fraction of sp³-hybridized carbons (Fsp3) is 0.333. The SMILES string of the molecule is Oc1cccc(Oc2cnc(CC3CCCN3)nc2)c1. The van der Waals surface area contributed by atoms with E-state index in [-0.39, 0.29) is 5.75 Å². The molecular weight excluding hydrogens is 254 g/mol. The summed E-state index contributed by atoms with van der Waals surface area (Å²) in [5, 5.41) is 12.8. The normalized spacial score (nSPS) is 18.1. The van der Waals surface area contributed by atoms with Crippen LogP contribution in [0.2, 0.25) is 0 Å². The first-order chi connectivity index (χ1) is 9.79. The van der Waals surface area contributed by atoms with E-state index >= 15 is 0 Å². The zero-order valence-corrected chi connectivity index (χ0v) is 11.1. The average molecular weight is 271 g/mol. The maximum atomic E-state index is 9.38. The molecule has 2 aromatic rings. The van der Waals surface area contributed by atoms with Crippen LogP contribution in [-0.2, 0) is 6.42 Å².